The van der Waals surface area contributed by atoms with Crippen LogP contribution in [0.5, 0.6) is 11.5 Å². The second-order valence-corrected chi connectivity index (χ2v) is 26.4. The van der Waals surface area contributed by atoms with Crippen molar-refractivity contribution < 1.29 is 29.9 Å². The van der Waals surface area contributed by atoms with Crippen LogP contribution >= 0.6 is 0 Å². The van der Waals surface area contributed by atoms with Gasteiger partial charge in [0, 0.05) is 23.0 Å². The van der Waals surface area contributed by atoms with Crippen molar-refractivity contribution in [3.05, 3.63) is 259 Å². The van der Waals surface area contributed by atoms with E-state index in [4.69, 9.17) is 13.8 Å². The van der Waals surface area contributed by atoms with Gasteiger partial charge in [0.2, 0.25) is 0 Å². The first-order valence-electron chi connectivity index (χ1n) is 33.5. The molecule has 384 valence electrons. The fourth-order valence-electron chi connectivity index (χ4n) is 10.7. The molecule has 0 bridgehead atoms. The fourth-order valence-corrected chi connectivity index (χ4v) is 14.5. The third-order valence-corrected chi connectivity index (χ3v) is 18.8. The Morgan fingerprint density at radius 2 is 1.12 bits per heavy atom. The quantitative estimate of drug-likeness (QED) is 0.0592. The van der Waals surface area contributed by atoms with Gasteiger partial charge in [0.25, 0.3) is 6.33 Å². The lowest BCUT2D eigenvalue weighted by Gasteiger charge is -2.34. The van der Waals surface area contributed by atoms with E-state index in [1.807, 2.05) is 89.6 Å². The maximum Gasteiger partial charge on any atom is 0.269 e. The van der Waals surface area contributed by atoms with E-state index in [-0.39, 0.29) is 16.0 Å². The maximum atomic E-state index is 9.81. The van der Waals surface area contributed by atoms with Gasteiger partial charge in [0.05, 0.1) is 54.0 Å². The van der Waals surface area contributed by atoms with Crippen LogP contribution in [0.25, 0.3) is 61.2 Å². The Kier molecular flexibility index (Phi) is 8.90. The van der Waals surface area contributed by atoms with Gasteiger partial charge in [-0.25, -0.2) is 4.98 Å². The molecule has 0 saturated heterocycles. The number of benzene rings is 9. The van der Waals surface area contributed by atoms with Gasteiger partial charge in [-0.3, -0.25) is 13.7 Å². The summed E-state index contributed by atoms with van der Waals surface area (Å²) in [5.41, 5.74) is 7.76. The third-order valence-electron chi connectivity index (χ3n) is 14.6. The minimum Gasteiger partial charge on any atom is -0.458 e. The molecule has 12 aromatic rings. The minimum absolute atomic E-state index is 0.0497. The fraction of sp³-hybridized carbons (Fsp3) is 0.167. The number of imidazole rings is 1. The van der Waals surface area contributed by atoms with Crippen LogP contribution in [0.15, 0.2) is 236 Å². The topological polar surface area (TPSA) is 35.9 Å². The molecule has 0 amide bonds. The molecule has 0 spiro atoms. The highest BCUT2D eigenvalue weighted by Gasteiger charge is 2.42. The first-order chi connectivity index (χ1) is 43.8. The van der Waals surface area contributed by atoms with Crippen molar-refractivity contribution in [2.75, 3.05) is 0 Å². The summed E-state index contributed by atoms with van der Waals surface area (Å²) >= 11 is 0. The standard InChI is InChI=1S/C72H66N4OSi/c1-70(2,3)51-25-21-24-50(44-51)60-35-23-36-63(72(7,8)9)69(60)75-49-74(67-48-59(39-41-65(67)75)78(56-28-13-10-14-29-56,57-30-15-11-16-31-57)58-32-17-12-18-33-58)53-26-22-27-54(46-53)77-55-38-40-62-61-34-19-20-37-64(61)76(66(62)47-55)68-45-52(42-43-73-68)71(4,5)6/h10-48H,1-9H3/i10D,11D,12D,13D,14D,15D,16D,17D,18D,28D,29D,30D,31D,32D,33D. The molecule has 0 aliphatic heterocycles. The Hall–Kier alpha value is -8.58. The first kappa shape index (κ1) is 35.7. The number of pyridine rings is 1. The molecule has 0 radical (unpaired) electrons. The average molecular weight is 1050 g/mol. The predicted molar refractivity (Wildman–Crippen MR) is 327 cm³/mol. The number of aromatic nitrogens is 4. The van der Waals surface area contributed by atoms with Crippen molar-refractivity contribution in [1.29, 1.82) is 0 Å². The molecule has 9 aromatic carbocycles. The molecular formula is C72H66N4OSi. The lowest BCUT2D eigenvalue weighted by atomic mass is 9.82. The molecule has 5 nitrogen and oxygen atoms in total. The SMILES string of the molecule is [2H]c1c([2H])c([2H])c([Si](c2ccc3c(c2)n(-c2cccc(Oc4ccc5c6ccccc6n(-c6cc(C(C)(C)C)ccn6)c5c4)c2)[c-][n+]3-c2c(-c3cccc(C(C)(C)C)c3)cccc2C(C)(C)C)(c2c([2H])c([2H])c([2H])c([2H])c2[2H])c2c([2H])c([2H])c([2H])c([2H])c2[2H])c([2H])c1[2H]. The predicted octanol–water partition coefficient (Wildman–Crippen LogP) is 14.9. The largest absolute Gasteiger partial charge is 0.458 e. The van der Waals surface area contributed by atoms with Gasteiger partial charge in [-0.1, -0.05) is 238 Å². The summed E-state index contributed by atoms with van der Waals surface area (Å²) in [4.78, 5) is 4.88. The number of rotatable bonds is 10. The second kappa shape index (κ2) is 19.5. The minimum atomic E-state index is -5.57. The summed E-state index contributed by atoms with van der Waals surface area (Å²) in [5.74, 6) is 1.64. The number of para-hydroxylation sites is 2. The van der Waals surface area contributed by atoms with Gasteiger partial charge in [-0.15, -0.1) is 0 Å². The summed E-state index contributed by atoms with van der Waals surface area (Å²) in [5, 5.41) is 0.182. The van der Waals surface area contributed by atoms with Crippen molar-refractivity contribution in [1.82, 2.24) is 14.1 Å². The molecule has 0 atom stereocenters. The van der Waals surface area contributed by atoms with Gasteiger partial charge >= 0.3 is 0 Å². The second-order valence-electron chi connectivity index (χ2n) is 22.8. The molecule has 3 aromatic heterocycles. The Balaban J connectivity index is 1.20. The zero-order valence-electron chi connectivity index (χ0n) is 60.1. The molecule has 3 heterocycles. The maximum absolute atomic E-state index is 9.81. The lowest BCUT2D eigenvalue weighted by molar-refractivity contribution is -0.572. The molecule has 6 heteroatoms. The van der Waals surface area contributed by atoms with Gasteiger partial charge < -0.3 is 4.74 Å². The molecular weight excluding hydrogens is 965 g/mol. The Morgan fingerprint density at radius 1 is 0.500 bits per heavy atom. The third kappa shape index (κ3) is 8.94. The van der Waals surface area contributed by atoms with Gasteiger partial charge in [-0.05, 0) is 113 Å². The van der Waals surface area contributed by atoms with Crippen LogP contribution in [0.3, 0.4) is 0 Å². The van der Waals surface area contributed by atoms with E-state index in [1.54, 1.807) is 22.8 Å². The number of nitrogens with zero attached hydrogens (tertiary/aromatic N) is 4. The summed E-state index contributed by atoms with van der Waals surface area (Å²) in [7, 11) is -5.57. The van der Waals surface area contributed by atoms with Crippen LogP contribution in [0.2, 0.25) is 0 Å². The molecule has 0 aliphatic carbocycles. The molecule has 78 heavy (non-hydrogen) atoms. The van der Waals surface area contributed by atoms with Gasteiger partial charge in [0.15, 0.2) is 8.07 Å². The Labute approximate surface area is 481 Å². The van der Waals surface area contributed by atoms with Crippen LogP contribution in [0, 0.1) is 6.33 Å². The van der Waals surface area contributed by atoms with E-state index in [2.05, 4.69) is 116 Å². The molecule has 0 N–H and O–H groups in total. The van der Waals surface area contributed by atoms with Crippen molar-refractivity contribution in [3.63, 3.8) is 0 Å². The van der Waals surface area contributed by atoms with Gasteiger partial charge in [0.1, 0.15) is 17.3 Å². The van der Waals surface area contributed by atoms with Crippen molar-refractivity contribution in [2.24, 2.45) is 0 Å². The zero-order valence-corrected chi connectivity index (χ0v) is 46.1. The number of hydrogen-bond acceptors (Lipinski definition) is 2. The van der Waals surface area contributed by atoms with E-state index >= 15 is 0 Å². The Bertz CT molecular complexity index is 4860. The van der Waals surface area contributed by atoms with Crippen molar-refractivity contribution >= 4 is 61.7 Å². The summed E-state index contributed by atoms with van der Waals surface area (Å²) < 4.78 is 153. The van der Waals surface area contributed by atoms with Gasteiger partial charge in [-0.2, -0.15) is 0 Å². The van der Waals surface area contributed by atoms with E-state index in [1.165, 1.54) is 0 Å². The van der Waals surface area contributed by atoms with E-state index in [0.29, 0.717) is 28.2 Å². The smallest absolute Gasteiger partial charge is 0.269 e. The molecule has 0 saturated carbocycles. The van der Waals surface area contributed by atoms with Crippen molar-refractivity contribution in [3.8, 4) is 39.8 Å². The highest BCUT2D eigenvalue weighted by molar-refractivity contribution is 7.20. The average Bonchev–Trinajstić information content (AvgIpc) is 1.18. The molecule has 0 aliphatic rings. The zero-order chi connectivity index (χ0) is 67.0. The molecule has 0 fully saturated rings. The van der Waals surface area contributed by atoms with Crippen LogP contribution in [0.1, 0.15) is 99.6 Å². The van der Waals surface area contributed by atoms with Crippen LogP contribution in [0.4, 0.5) is 0 Å². The van der Waals surface area contributed by atoms with E-state index in [9.17, 15) is 16.4 Å². The summed E-state index contributed by atoms with van der Waals surface area (Å²) in [6.45, 7) is 19.3. The molecule has 12 rings (SSSR count). The number of hydrogen-bond donors (Lipinski definition) is 0. The number of fused-ring (bicyclic) bond motifs is 4. The summed E-state index contributed by atoms with van der Waals surface area (Å²) in [6.07, 6.45) is 5.54. The van der Waals surface area contributed by atoms with Crippen molar-refractivity contribution in [2.45, 2.75) is 78.6 Å². The van der Waals surface area contributed by atoms with Crippen LogP contribution < -0.4 is 30.1 Å². The normalized spacial score (nSPS) is 15.1. The van der Waals surface area contributed by atoms with Crippen LogP contribution in [-0.4, -0.2) is 22.2 Å². The molecule has 0 unspecified atom stereocenters. The highest BCUT2D eigenvalue weighted by Crippen LogP contribution is 2.39. The number of ether oxygens (including phenoxy) is 1. The lowest BCUT2D eigenvalue weighted by Crippen LogP contribution is -2.74. The first-order valence-corrected chi connectivity index (χ1v) is 28.0. The highest BCUT2D eigenvalue weighted by atomic mass is 28.3. The van der Waals surface area contributed by atoms with E-state index < -0.39 is 120 Å². The Morgan fingerprint density at radius 3 is 1.78 bits per heavy atom. The monoisotopic (exact) mass is 1050 g/mol. The van der Waals surface area contributed by atoms with E-state index in [0.717, 1.165) is 61.1 Å². The van der Waals surface area contributed by atoms with Crippen LogP contribution in [-0.2, 0) is 16.2 Å². The summed E-state index contributed by atoms with van der Waals surface area (Å²) in [6, 6.07) is 32.0.